The molecule has 1 fully saturated rings. The summed E-state index contributed by atoms with van der Waals surface area (Å²) in [6.45, 7) is 5.29. The standard InChI is InChI=1S/C28H27N3O3/c1-20(21-11-13-23(14-12-21)31-15-17-33-18-16-31)30-27(32)24-9-5-6-10-25(24)28-29-19-26(34-28)22-7-3-2-4-8-22/h2-14,19-20H,15-18H2,1H3,(H,30,32). The van der Waals surface area contributed by atoms with Crippen LogP contribution in [-0.4, -0.2) is 37.2 Å². The summed E-state index contributed by atoms with van der Waals surface area (Å²) in [5.74, 6) is 0.923. The number of morpholine rings is 1. The van der Waals surface area contributed by atoms with Crippen molar-refractivity contribution in [2.45, 2.75) is 13.0 Å². The molecule has 1 unspecified atom stereocenters. The van der Waals surface area contributed by atoms with Gasteiger partial charge in [0.05, 0.1) is 31.0 Å². The number of rotatable bonds is 6. The number of nitrogens with zero attached hydrogens (tertiary/aromatic N) is 2. The molecule has 0 bridgehead atoms. The number of carbonyl (C=O) groups excluding carboxylic acids is 1. The van der Waals surface area contributed by atoms with E-state index in [-0.39, 0.29) is 11.9 Å². The number of carbonyl (C=O) groups is 1. The zero-order valence-corrected chi connectivity index (χ0v) is 19.1. The summed E-state index contributed by atoms with van der Waals surface area (Å²) in [5.41, 5.74) is 4.36. The molecule has 1 N–H and O–H groups in total. The first-order valence-electron chi connectivity index (χ1n) is 11.5. The van der Waals surface area contributed by atoms with E-state index in [0.717, 1.165) is 37.4 Å². The highest BCUT2D eigenvalue weighted by atomic mass is 16.5. The predicted molar refractivity (Wildman–Crippen MR) is 133 cm³/mol. The highest BCUT2D eigenvalue weighted by molar-refractivity contribution is 6.00. The number of oxazole rings is 1. The van der Waals surface area contributed by atoms with Crippen molar-refractivity contribution < 1.29 is 13.9 Å². The van der Waals surface area contributed by atoms with Crippen LogP contribution < -0.4 is 10.2 Å². The highest BCUT2D eigenvalue weighted by Gasteiger charge is 2.19. The van der Waals surface area contributed by atoms with E-state index in [1.807, 2.05) is 55.5 Å². The van der Waals surface area contributed by atoms with Gasteiger partial charge in [-0.3, -0.25) is 4.79 Å². The Morgan fingerprint density at radius 2 is 1.65 bits per heavy atom. The SMILES string of the molecule is CC(NC(=O)c1ccccc1-c1ncc(-c2ccccc2)o1)c1ccc(N2CCOCC2)cc1. The molecule has 1 amide bonds. The lowest BCUT2D eigenvalue weighted by Crippen LogP contribution is -2.36. The molecule has 4 aromatic rings. The quantitative estimate of drug-likeness (QED) is 0.427. The fraction of sp³-hybridized carbons (Fsp3) is 0.214. The maximum absolute atomic E-state index is 13.2. The third-order valence-corrected chi connectivity index (χ3v) is 6.08. The second kappa shape index (κ2) is 9.93. The Morgan fingerprint density at radius 3 is 2.41 bits per heavy atom. The van der Waals surface area contributed by atoms with Gasteiger partial charge in [0.25, 0.3) is 5.91 Å². The van der Waals surface area contributed by atoms with Crippen LogP contribution in [0.2, 0.25) is 0 Å². The molecule has 1 aliphatic rings. The largest absolute Gasteiger partial charge is 0.436 e. The van der Waals surface area contributed by atoms with Crippen LogP contribution in [0.3, 0.4) is 0 Å². The lowest BCUT2D eigenvalue weighted by molar-refractivity contribution is 0.0940. The van der Waals surface area contributed by atoms with Crippen LogP contribution in [-0.2, 0) is 4.74 Å². The first kappa shape index (κ1) is 21.9. The number of anilines is 1. The highest BCUT2D eigenvalue weighted by Crippen LogP contribution is 2.28. The van der Waals surface area contributed by atoms with Gasteiger partial charge >= 0.3 is 0 Å². The van der Waals surface area contributed by atoms with Gasteiger partial charge in [0, 0.05) is 29.9 Å². The molecule has 6 nitrogen and oxygen atoms in total. The van der Waals surface area contributed by atoms with Crippen molar-refractivity contribution in [2.75, 3.05) is 31.2 Å². The Kier molecular flexibility index (Phi) is 6.40. The van der Waals surface area contributed by atoms with Crippen LogP contribution in [0.15, 0.2) is 89.5 Å². The molecule has 172 valence electrons. The first-order chi connectivity index (χ1) is 16.7. The van der Waals surface area contributed by atoms with Crippen molar-refractivity contribution in [3.05, 3.63) is 96.2 Å². The Bertz CT molecular complexity index is 1250. The first-order valence-corrected chi connectivity index (χ1v) is 11.5. The molecule has 34 heavy (non-hydrogen) atoms. The minimum Gasteiger partial charge on any atom is -0.436 e. The summed E-state index contributed by atoms with van der Waals surface area (Å²) in [5, 5.41) is 3.12. The summed E-state index contributed by atoms with van der Waals surface area (Å²) >= 11 is 0. The van der Waals surface area contributed by atoms with E-state index in [2.05, 4.69) is 39.5 Å². The molecular weight excluding hydrogens is 426 g/mol. The Labute approximate surface area is 199 Å². The number of benzene rings is 3. The number of hydrogen-bond acceptors (Lipinski definition) is 5. The Morgan fingerprint density at radius 1 is 0.941 bits per heavy atom. The van der Waals surface area contributed by atoms with Crippen LogP contribution in [0.5, 0.6) is 0 Å². The number of aromatic nitrogens is 1. The molecular formula is C28H27N3O3. The van der Waals surface area contributed by atoms with Crippen LogP contribution >= 0.6 is 0 Å². The molecule has 2 heterocycles. The maximum Gasteiger partial charge on any atom is 0.252 e. The smallest absolute Gasteiger partial charge is 0.252 e. The summed E-state index contributed by atoms with van der Waals surface area (Å²) in [6, 6.07) is 25.4. The summed E-state index contributed by atoms with van der Waals surface area (Å²) in [6.07, 6.45) is 1.69. The molecule has 0 aliphatic carbocycles. The average Bonchev–Trinajstić information content (AvgIpc) is 3.40. The van der Waals surface area contributed by atoms with E-state index in [0.29, 0.717) is 22.8 Å². The van der Waals surface area contributed by atoms with Crippen molar-refractivity contribution in [2.24, 2.45) is 0 Å². The van der Waals surface area contributed by atoms with Gasteiger partial charge in [0.2, 0.25) is 5.89 Å². The van der Waals surface area contributed by atoms with Gasteiger partial charge in [-0.1, -0.05) is 54.6 Å². The Balaban J connectivity index is 1.31. The molecule has 0 spiro atoms. The van der Waals surface area contributed by atoms with E-state index in [9.17, 15) is 4.79 Å². The molecule has 1 saturated heterocycles. The number of ether oxygens (including phenoxy) is 1. The van der Waals surface area contributed by atoms with Gasteiger partial charge in [-0.05, 0) is 36.8 Å². The van der Waals surface area contributed by atoms with E-state index in [1.54, 1.807) is 12.3 Å². The predicted octanol–water partition coefficient (Wildman–Crippen LogP) is 5.34. The van der Waals surface area contributed by atoms with Crippen LogP contribution in [0, 0.1) is 0 Å². The third kappa shape index (κ3) is 4.72. The van der Waals surface area contributed by atoms with Crippen molar-refractivity contribution in [1.82, 2.24) is 10.3 Å². The molecule has 1 atom stereocenters. The molecule has 0 saturated carbocycles. The van der Waals surface area contributed by atoms with Gasteiger partial charge in [-0.15, -0.1) is 0 Å². The van der Waals surface area contributed by atoms with Crippen LogP contribution in [0.1, 0.15) is 28.9 Å². The van der Waals surface area contributed by atoms with Crippen molar-refractivity contribution in [3.8, 4) is 22.8 Å². The van der Waals surface area contributed by atoms with Crippen molar-refractivity contribution in [3.63, 3.8) is 0 Å². The fourth-order valence-electron chi connectivity index (χ4n) is 4.16. The number of nitrogens with one attached hydrogen (secondary N) is 1. The van der Waals surface area contributed by atoms with Gasteiger partial charge in [0.15, 0.2) is 5.76 Å². The molecule has 1 aromatic heterocycles. The van der Waals surface area contributed by atoms with E-state index >= 15 is 0 Å². The fourth-order valence-corrected chi connectivity index (χ4v) is 4.16. The average molecular weight is 454 g/mol. The lowest BCUT2D eigenvalue weighted by Gasteiger charge is -2.29. The van der Waals surface area contributed by atoms with Gasteiger partial charge in [0.1, 0.15) is 0 Å². The third-order valence-electron chi connectivity index (χ3n) is 6.08. The monoisotopic (exact) mass is 453 g/mol. The lowest BCUT2D eigenvalue weighted by atomic mass is 10.0. The van der Waals surface area contributed by atoms with Gasteiger partial charge in [-0.25, -0.2) is 4.98 Å². The van der Waals surface area contributed by atoms with Gasteiger partial charge in [-0.2, -0.15) is 0 Å². The van der Waals surface area contributed by atoms with Crippen molar-refractivity contribution in [1.29, 1.82) is 0 Å². The second-order valence-electron chi connectivity index (χ2n) is 8.33. The van der Waals surface area contributed by atoms with Crippen LogP contribution in [0.4, 0.5) is 5.69 Å². The van der Waals surface area contributed by atoms with Crippen LogP contribution in [0.25, 0.3) is 22.8 Å². The number of hydrogen-bond donors (Lipinski definition) is 1. The van der Waals surface area contributed by atoms with Crippen molar-refractivity contribution >= 4 is 11.6 Å². The zero-order valence-electron chi connectivity index (χ0n) is 19.1. The normalized spacial score (nSPS) is 14.6. The van der Waals surface area contributed by atoms with E-state index in [1.165, 1.54) is 5.69 Å². The van der Waals surface area contributed by atoms with E-state index < -0.39 is 0 Å². The molecule has 6 heteroatoms. The number of amides is 1. The molecule has 3 aromatic carbocycles. The molecule has 0 radical (unpaired) electrons. The molecule has 5 rings (SSSR count). The molecule has 1 aliphatic heterocycles. The van der Waals surface area contributed by atoms with E-state index in [4.69, 9.17) is 9.15 Å². The van der Waals surface area contributed by atoms with Gasteiger partial charge < -0.3 is 19.4 Å². The Hall–Kier alpha value is -3.90. The minimum atomic E-state index is -0.167. The second-order valence-corrected chi connectivity index (χ2v) is 8.33. The summed E-state index contributed by atoms with van der Waals surface area (Å²) in [4.78, 5) is 20.0. The maximum atomic E-state index is 13.2. The summed E-state index contributed by atoms with van der Waals surface area (Å²) < 4.78 is 11.4. The zero-order chi connectivity index (χ0) is 23.3. The minimum absolute atomic E-state index is 0.149. The topological polar surface area (TPSA) is 67.6 Å². The summed E-state index contributed by atoms with van der Waals surface area (Å²) in [7, 11) is 0.